The van der Waals surface area contributed by atoms with E-state index in [1.165, 1.54) is 12.0 Å². The van der Waals surface area contributed by atoms with Gasteiger partial charge in [-0.1, -0.05) is 18.2 Å². The van der Waals surface area contributed by atoms with Gasteiger partial charge >= 0.3 is 6.09 Å². The smallest absolute Gasteiger partial charge is 0.409 e. The van der Waals surface area contributed by atoms with Gasteiger partial charge in [-0.05, 0) is 44.0 Å². The van der Waals surface area contributed by atoms with Crippen LogP contribution in [0.1, 0.15) is 37.1 Å². The average Bonchev–Trinajstić information content (AvgIpc) is 3.14. The van der Waals surface area contributed by atoms with Crippen LogP contribution in [-0.2, 0) is 14.3 Å². The Kier molecular flexibility index (Phi) is 6.81. The van der Waals surface area contributed by atoms with Gasteiger partial charge in [0, 0.05) is 30.9 Å². The number of likely N-dealkylation sites (tertiary alicyclic amines) is 2. The predicted molar refractivity (Wildman–Crippen MR) is 123 cm³/mol. The van der Waals surface area contributed by atoms with Gasteiger partial charge in [0.15, 0.2) is 0 Å². The van der Waals surface area contributed by atoms with Gasteiger partial charge in [0.2, 0.25) is 0 Å². The lowest BCUT2D eigenvalue weighted by atomic mass is 9.96. The molecule has 4 rings (SSSR count). The summed E-state index contributed by atoms with van der Waals surface area (Å²) in [6.07, 6.45) is 2.16. The summed E-state index contributed by atoms with van der Waals surface area (Å²) in [4.78, 5) is 46.1. The molecule has 2 aromatic rings. The zero-order valence-corrected chi connectivity index (χ0v) is 19.1. The number of aliphatic hydroxyl groups excluding tert-OH is 1. The zero-order valence-electron chi connectivity index (χ0n) is 19.1. The number of hydrogen-bond acceptors (Lipinski definition) is 7. The van der Waals surface area contributed by atoms with Gasteiger partial charge in [-0.15, -0.1) is 0 Å². The SMILES string of the molecule is CCOC(=O)N1CCC(N2C(=O)C(=O)/C(=C(/O)c3cccc(OC)c3)C2c2ccccn2)CC1. The van der Waals surface area contributed by atoms with E-state index in [1.807, 2.05) is 0 Å². The van der Waals surface area contributed by atoms with E-state index in [2.05, 4.69) is 4.98 Å². The molecule has 0 radical (unpaired) electrons. The predicted octanol–water partition coefficient (Wildman–Crippen LogP) is 3.13. The number of Topliss-reactive ketones (excluding diaryl/α,β-unsaturated/α-hetero) is 1. The molecule has 34 heavy (non-hydrogen) atoms. The molecule has 0 saturated carbocycles. The number of aromatic nitrogens is 1. The number of ether oxygens (including phenoxy) is 2. The second kappa shape index (κ2) is 9.94. The molecule has 3 heterocycles. The Morgan fingerprint density at radius 2 is 1.91 bits per heavy atom. The average molecular weight is 466 g/mol. The molecule has 2 aliphatic heterocycles. The maximum absolute atomic E-state index is 13.2. The number of methoxy groups -OCH3 is 1. The van der Waals surface area contributed by atoms with Crippen molar-refractivity contribution in [3.63, 3.8) is 0 Å². The molecule has 2 fully saturated rings. The summed E-state index contributed by atoms with van der Waals surface area (Å²) in [6.45, 7) is 2.84. The molecule has 1 aromatic heterocycles. The van der Waals surface area contributed by atoms with Gasteiger partial charge in [-0.3, -0.25) is 14.6 Å². The Morgan fingerprint density at radius 1 is 1.15 bits per heavy atom. The van der Waals surface area contributed by atoms with Crippen molar-refractivity contribution in [3.8, 4) is 5.75 Å². The molecular weight excluding hydrogens is 438 g/mol. The molecule has 0 bridgehead atoms. The molecule has 2 aliphatic rings. The quantitative estimate of drug-likeness (QED) is 0.410. The Morgan fingerprint density at radius 3 is 2.56 bits per heavy atom. The molecule has 1 aromatic carbocycles. The largest absolute Gasteiger partial charge is 0.507 e. The van der Waals surface area contributed by atoms with E-state index in [1.54, 1.807) is 60.5 Å². The molecule has 178 valence electrons. The first-order valence-corrected chi connectivity index (χ1v) is 11.2. The number of hydrogen-bond donors (Lipinski definition) is 1. The minimum absolute atomic E-state index is 0.00947. The number of amides is 2. The summed E-state index contributed by atoms with van der Waals surface area (Å²) in [7, 11) is 1.51. The highest BCUT2D eigenvalue weighted by Crippen LogP contribution is 2.41. The van der Waals surface area contributed by atoms with E-state index >= 15 is 0 Å². The number of ketones is 1. The van der Waals surface area contributed by atoms with Gasteiger partial charge in [0.25, 0.3) is 11.7 Å². The summed E-state index contributed by atoms with van der Waals surface area (Å²) in [5.41, 5.74) is 0.846. The van der Waals surface area contributed by atoms with Crippen molar-refractivity contribution in [2.75, 3.05) is 26.8 Å². The highest BCUT2D eigenvalue weighted by Gasteiger charge is 2.50. The summed E-state index contributed by atoms with van der Waals surface area (Å²) in [5, 5.41) is 11.2. The van der Waals surface area contributed by atoms with Crippen LogP contribution < -0.4 is 4.74 Å². The molecule has 1 unspecified atom stereocenters. The van der Waals surface area contributed by atoms with E-state index in [4.69, 9.17) is 9.47 Å². The normalized spacial score (nSPS) is 20.5. The highest BCUT2D eigenvalue weighted by atomic mass is 16.6. The summed E-state index contributed by atoms with van der Waals surface area (Å²) >= 11 is 0. The van der Waals surface area contributed by atoms with E-state index in [0.29, 0.717) is 42.9 Å². The molecule has 1 atom stereocenters. The van der Waals surface area contributed by atoms with E-state index < -0.39 is 17.7 Å². The summed E-state index contributed by atoms with van der Waals surface area (Å²) in [5.74, 6) is -1.21. The maximum Gasteiger partial charge on any atom is 0.409 e. The second-order valence-corrected chi connectivity index (χ2v) is 8.11. The third-order valence-electron chi connectivity index (χ3n) is 6.18. The van der Waals surface area contributed by atoms with E-state index in [9.17, 15) is 19.5 Å². The van der Waals surface area contributed by atoms with Gasteiger partial charge in [-0.2, -0.15) is 0 Å². The first-order chi connectivity index (χ1) is 16.5. The monoisotopic (exact) mass is 465 g/mol. The molecule has 0 aliphatic carbocycles. The number of carbonyl (C=O) groups excluding carboxylic acids is 3. The molecule has 9 nitrogen and oxygen atoms in total. The molecule has 9 heteroatoms. The Labute approximate surface area is 197 Å². The molecular formula is C25H27N3O6. The number of rotatable bonds is 5. The van der Waals surface area contributed by atoms with Crippen LogP contribution in [0.25, 0.3) is 5.76 Å². The van der Waals surface area contributed by atoms with Crippen molar-refractivity contribution in [1.29, 1.82) is 0 Å². The van der Waals surface area contributed by atoms with Crippen LogP contribution in [0, 0.1) is 0 Å². The van der Waals surface area contributed by atoms with Gasteiger partial charge in [0.05, 0.1) is 25.0 Å². The van der Waals surface area contributed by atoms with Crippen LogP contribution >= 0.6 is 0 Å². The number of pyridine rings is 1. The Balaban J connectivity index is 1.72. The third-order valence-corrected chi connectivity index (χ3v) is 6.18. The van der Waals surface area contributed by atoms with Crippen LogP contribution in [0.3, 0.4) is 0 Å². The van der Waals surface area contributed by atoms with Crippen molar-refractivity contribution in [1.82, 2.24) is 14.8 Å². The minimum atomic E-state index is -0.841. The summed E-state index contributed by atoms with van der Waals surface area (Å²) < 4.78 is 10.3. The lowest BCUT2D eigenvalue weighted by molar-refractivity contribution is -0.142. The van der Waals surface area contributed by atoms with Crippen molar-refractivity contribution >= 4 is 23.5 Å². The highest BCUT2D eigenvalue weighted by molar-refractivity contribution is 6.46. The van der Waals surface area contributed by atoms with Crippen molar-refractivity contribution < 1.29 is 29.0 Å². The zero-order chi connectivity index (χ0) is 24.2. The number of piperidine rings is 1. The number of aliphatic hydroxyl groups is 1. The lowest BCUT2D eigenvalue weighted by Gasteiger charge is -2.38. The lowest BCUT2D eigenvalue weighted by Crippen LogP contribution is -2.48. The maximum atomic E-state index is 13.2. The van der Waals surface area contributed by atoms with Gasteiger partial charge in [0.1, 0.15) is 17.6 Å². The van der Waals surface area contributed by atoms with E-state index in [-0.39, 0.29) is 30.1 Å². The fourth-order valence-electron chi connectivity index (χ4n) is 4.52. The van der Waals surface area contributed by atoms with Crippen LogP contribution in [-0.4, -0.2) is 70.5 Å². The second-order valence-electron chi connectivity index (χ2n) is 8.11. The first-order valence-electron chi connectivity index (χ1n) is 11.2. The Bertz CT molecular complexity index is 1110. The molecule has 0 spiro atoms. The third kappa shape index (κ3) is 4.33. The van der Waals surface area contributed by atoms with Crippen LogP contribution in [0.15, 0.2) is 54.2 Å². The first kappa shape index (κ1) is 23.3. The number of benzene rings is 1. The van der Waals surface area contributed by atoms with Crippen LogP contribution in [0.4, 0.5) is 4.79 Å². The summed E-state index contributed by atoms with van der Waals surface area (Å²) in [6, 6.07) is 10.8. The van der Waals surface area contributed by atoms with Crippen LogP contribution in [0.2, 0.25) is 0 Å². The topological polar surface area (TPSA) is 109 Å². The minimum Gasteiger partial charge on any atom is -0.507 e. The van der Waals surface area contributed by atoms with Gasteiger partial charge < -0.3 is 24.4 Å². The fraction of sp³-hybridized carbons (Fsp3) is 0.360. The number of nitrogens with zero attached hydrogens (tertiary/aromatic N) is 3. The molecule has 1 N–H and O–H groups in total. The van der Waals surface area contributed by atoms with Crippen LogP contribution in [0.5, 0.6) is 5.75 Å². The van der Waals surface area contributed by atoms with Crippen molar-refractivity contribution in [2.24, 2.45) is 0 Å². The molecule has 2 saturated heterocycles. The number of carbonyl (C=O) groups is 3. The fourth-order valence-corrected chi connectivity index (χ4v) is 4.52. The van der Waals surface area contributed by atoms with E-state index in [0.717, 1.165) is 0 Å². The van der Waals surface area contributed by atoms with Gasteiger partial charge in [-0.25, -0.2) is 4.79 Å². The van der Waals surface area contributed by atoms with Crippen molar-refractivity contribution in [3.05, 3.63) is 65.5 Å². The van der Waals surface area contributed by atoms with Crippen molar-refractivity contribution in [2.45, 2.75) is 31.8 Å². The Hall–Kier alpha value is -3.88. The molecule has 2 amide bonds. The standard InChI is InChI=1S/C25H27N3O6/c1-3-34-25(32)27-13-10-17(11-14-27)28-21(19-9-4-5-12-26-19)20(23(30)24(28)31)22(29)16-7-6-8-18(15-16)33-2/h4-9,12,15,17,21,29H,3,10-11,13-14H2,1-2H3/b22-20+.